The molecular formula is C15H20N2O2S. The van der Waals surface area contributed by atoms with E-state index in [9.17, 15) is 4.21 Å². The Hall–Kier alpha value is -1.62. The van der Waals surface area contributed by atoms with Gasteiger partial charge in [-0.05, 0) is 18.6 Å². The van der Waals surface area contributed by atoms with Crippen LogP contribution in [0.5, 0.6) is 5.75 Å². The average molecular weight is 292 g/mol. The van der Waals surface area contributed by atoms with Gasteiger partial charge in [0.05, 0.1) is 7.11 Å². The molecule has 2 aromatic rings. The molecule has 0 saturated carbocycles. The molecule has 0 saturated heterocycles. The minimum Gasteiger partial charge on any atom is -0.496 e. The molecule has 1 heterocycles. The number of nitrogens with one attached hydrogen (secondary N) is 1. The van der Waals surface area contributed by atoms with Crippen molar-refractivity contribution < 1.29 is 8.95 Å². The van der Waals surface area contributed by atoms with Gasteiger partial charge in [0.15, 0.2) is 0 Å². The van der Waals surface area contributed by atoms with Crippen LogP contribution in [0.4, 0.5) is 5.82 Å². The quantitative estimate of drug-likeness (QED) is 0.889. The molecule has 0 aliphatic carbocycles. The lowest BCUT2D eigenvalue weighted by Gasteiger charge is -2.12. The Morgan fingerprint density at radius 1 is 1.35 bits per heavy atom. The molecule has 1 N–H and O–H groups in total. The summed E-state index contributed by atoms with van der Waals surface area (Å²) >= 11 is 0. The highest BCUT2D eigenvalue weighted by Gasteiger charge is 2.08. The average Bonchev–Trinajstić information content (AvgIpc) is 2.46. The minimum absolute atomic E-state index is 0.187. The van der Waals surface area contributed by atoms with Crippen LogP contribution in [0.3, 0.4) is 0 Å². The molecule has 0 bridgehead atoms. The first kappa shape index (κ1) is 14.8. The van der Waals surface area contributed by atoms with Crippen molar-refractivity contribution >= 4 is 27.4 Å². The Morgan fingerprint density at radius 3 is 2.85 bits per heavy atom. The van der Waals surface area contributed by atoms with Crippen molar-refractivity contribution in [2.45, 2.75) is 18.6 Å². The van der Waals surface area contributed by atoms with E-state index in [1.807, 2.05) is 31.2 Å². The van der Waals surface area contributed by atoms with Crippen LogP contribution in [0.15, 0.2) is 30.5 Å². The molecule has 0 fully saturated rings. The Kier molecular flexibility index (Phi) is 4.95. The summed E-state index contributed by atoms with van der Waals surface area (Å²) in [5.74, 6) is 1.69. The van der Waals surface area contributed by atoms with Gasteiger partial charge in [-0.15, -0.1) is 0 Å². The highest BCUT2D eigenvalue weighted by molar-refractivity contribution is 7.84. The molecule has 2 rings (SSSR count). The zero-order valence-corrected chi connectivity index (χ0v) is 12.9. The number of ether oxygens (including phenoxy) is 1. The number of hydrogen-bond acceptors (Lipinski definition) is 4. The molecule has 2 unspecified atom stereocenters. The van der Waals surface area contributed by atoms with Crippen LogP contribution in [0.2, 0.25) is 0 Å². The standard InChI is InChI=1S/C15H20N2O2S/c1-11(20(3)18)7-9-16-15-13-5-4-6-14(19-2)12(13)8-10-17-15/h4-6,8,10-11H,7,9H2,1-3H3,(H,16,17). The molecule has 0 radical (unpaired) electrons. The highest BCUT2D eigenvalue weighted by atomic mass is 32.2. The number of benzene rings is 1. The van der Waals surface area contributed by atoms with Gasteiger partial charge in [-0.25, -0.2) is 4.98 Å². The summed E-state index contributed by atoms with van der Waals surface area (Å²) in [6.45, 7) is 2.75. The van der Waals surface area contributed by atoms with E-state index >= 15 is 0 Å². The zero-order chi connectivity index (χ0) is 14.5. The van der Waals surface area contributed by atoms with Crippen molar-refractivity contribution in [2.24, 2.45) is 0 Å². The van der Waals surface area contributed by atoms with Crippen LogP contribution in [0, 0.1) is 0 Å². The Labute approximate surface area is 122 Å². The van der Waals surface area contributed by atoms with Crippen molar-refractivity contribution in [1.29, 1.82) is 0 Å². The summed E-state index contributed by atoms with van der Waals surface area (Å²) < 4.78 is 16.7. The molecule has 0 aliphatic heterocycles. The molecule has 1 aromatic heterocycles. The van der Waals surface area contributed by atoms with Crippen molar-refractivity contribution in [3.8, 4) is 5.75 Å². The van der Waals surface area contributed by atoms with Crippen molar-refractivity contribution in [1.82, 2.24) is 4.98 Å². The summed E-state index contributed by atoms with van der Waals surface area (Å²) in [6.07, 6.45) is 4.37. The number of rotatable bonds is 6. The normalized spacial score (nSPS) is 13.9. The second-order valence-corrected chi connectivity index (χ2v) is 6.54. The van der Waals surface area contributed by atoms with E-state index in [1.54, 1.807) is 19.6 Å². The molecule has 1 aromatic carbocycles. The Morgan fingerprint density at radius 2 is 2.15 bits per heavy atom. The molecule has 20 heavy (non-hydrogen) atoms. The number of hydrogen-bond donors (Lipinski definition) is 1. The number of methoxy groups -OCH3 is 1. The fourth-order valence-electron chi connectivity index (χ4n) is 2.06. The second-order valence-electron chi connectivity index (χ2n) is 4.74. The molecule has 2 atom stereocenters. The molecule has 0 amide bonds. The van der Waals surface area contributed by atoms with Crippen LogP contribution in [-0.4, -0.2) is 34.4 Å². The lowest BCUT2D eigenvalue weighted by molar-refractivity contribution is 0.420. The predicted molar refractivity (Wildman–Crippen MR) is 84.9 cm³/mol. The number of anilines is 1. The van der Waals surface area contributed by atoms with E-state index in [0.29, 0.717) is 0 Å². The van der Waals surface area contributed by atoms with Gasteiger partial charge in [0.1, 0.15) is 11.6 Å². The van der Waals surface area contributed by atoms with Gasteiger partial charge in [0, 0.05) is 45.8 Å². The lowest BCUT2D eigenvalue weighted by Crippen LogP contribution is -2.15. The molecule has 4 nitrogen and oxygen atoms in total. The maximum atomic E-state index is 11.3. The number of nitrogens with zero attached hydrogens (tertiary/aromatic N) is 1. The van der Waals surface area contributed by atoms with E-state index in [2.05, 4.69) is 10.3 Å². The van der Waals surface area contributed by atoms with Crippen LogP contribution in [0.25, 0.3) is 10.8 Å². The fraction of sp³-hybridized carbons (Fsp3) is 0.400. The van der Waals surface area contributed by atoms with Crippen LogP contribution in [-0.2, 0) is 10.8 Å². The molecular weight excluding hydrogens is 272 g/mol. The van der Waals surface area contributed by atoms with E-state index in [1.165, 1.54) is 0 Å². The van der Waals surface area contributed by atoms with Gasteiger partial charge in [-0.1, -0.05) is 19.1 Å². The molecule has 5 heteroatoms. The van der Waals surface area contributed by atoms with Crippen molar-refractivity contribution in [3.63, 3.8) is 0 Å². The molecule has 108 valence electrons. The van der Waals surface area contributed by atoms with Gasteiger partial charge in [0.2, 0.25) is 0 Å². The van der Waals surface area contributed by atoms with Gasteiger partial charge in [-0.2, -0.15) is 0 Å². The Bertz CT molecular complexity index is 616. The first-order valence-electron chi connectivity index (χ1n) is 6.61. The van der Waals surface area contributed by atoms with E-state index in [0.717, 1.165) is 35.3 Å². The summed E-state index contributed by atoms with van der Waals surface area (Å²) in [5, 5.41) is 5.59. The first-order chi connectivity index (χ1) is 9.63. The third-order valence-corrected chi connectivity index (χ3v) is 4.76. The highest BCUT2D eigenvalue weighted by Crippen LogP contribution is 2.28. The van der Waals surface area contributed by atoms with Gasteiger partial charge in [0.25, 0.3) is 0 Å². The summed E-state index contributed by atoms with van der Waals surface area (Å²) in [7, 11) is 0.886. The van der Waals surface area contributed by atoms with Gasteiger partial charge in [-0.3, -0.25) is 4.21 Å². The monoisotopic (exact) mass is 292 g/mol. The van der Waals surface area contributed by atoms with Gasteiger partial charge < -0.3 is 10.1 Å². The van der Waals surface area contributed by atoms with Crippen molar-refractivity contribution in [2.75, 3.05) is 25.2 Å². The number of fused-ring (bicyclic) bond motifs is 1. The predicted octanol–water partition coefficient (Wildman–Crippen LogP) is 2.81. The van der Waals surface area contributed by atoms with Crippen molar-refractivity contribution in [3.05, 3.63) is 30.5 Å². The summed E-state index contributed by atoms with van der Waals surface area (Å²) in [6, 6.07) is 7.86. The van der Waals surface area contributed by atoms with E-state index < -0.39 is 10.8 Å². The number of aromatic nitrogens is 1. The van der Waals surface area contributed by atoms with Gasteiger partial charge >= 0.3 is 0 Å². The Balaban J connectivity index is 2.16. The third-order valence-electron chi connectivity index (χ3n) is 3.40. The molecule has 0 spiro atoms. The first-order valence-corrected chi connectivity index (χ1v) is 8.23. The van der Waals surface area contributed by atoms with Crippen LogP contribution in [0.1, 0.15) is 13.3 Å². The van der Waals surface area contributed by atoms with E-state index in [-0.39, 0.29) is 5.25 Å². The third kappa shape index (κ3) is 3.28. The topological polar surface area (TPSA) is 51.2 Å². The smallest absolute Gasteiger partial charge is 0.133 e. The fourth-order valence-corrected chi connectivity index (χ4v) is 2.51. The molecule has 0 aliphatic rings. The SMILES string of the molecule is COc1cccc2c(NCCC(C)S(C)=O)nccc12. The number of pyridine rings is 1. The maximum absolute atomic E-state index is 11.3. The summed E-state index contributed by atoms with van der Waals surface area (Å²) in [5.41, 5.74) is 0. The maximum Gasteiger partial charge on any atom is 0.133 e. The van der Waals surface area contributed by atoms with Crippen LogP contribution < -0.4 is 10.1 Å². The lowest BCUT2D eigenvalue weighted by atomic mass is 10.1. The van der Waals surface area contributed by atoms with E-state index in [4.69, 9.17) is 4.74 Å². The van der Waals surface area contributed by atoms with Crippen LogP contribution >= 0.6 is 0 Å². The minimum atomic E-state index is -0.781. The second kappa shape index (κ2) is 6.70. The zero-order valence-electron chi connectivity index (χ0n) is 12.1. The largest absolute Gasteiger partial charge is 0.496 e. The summed E-state index contributed by atoms with van der Waals surface area (Å²) in [4.78, 5) is 4.38.